The Hall–Kier alpha value is -2.74. The lowest BCUT2D eigenvalue weighted by atomic mass is 9.99. The first-order valence-corrected chi connectivity index (χ1v) is 9.55. The molecule has 0 bridgehead atoms. The Bertz CT molecular complexity index is 810. The lowest BCUT2D eigenvalue weighted by Gasteiger charge is -2.40. The zero-order chi connectivity index (χ0) is 23.8. The second-order valence-electron chi connectivity index (χ2n) is 6.95. The third-order valence-corrected chi connectivity index (χ3v) is 4.62. The van der Waals surface area contributed by atoms with Gasteiger partial charge in [0.1, 0.15) is 31.0 Å². The van der Waals surface area contributed by atoms with Crippen molar-refractivity contribution in [2.45, 2.75) is 43.2 Å². The zero-order valence-corrected chi connectivity index (χ0v) is 17.1. The Labute approximate surface area is 182 Å². The number of esters is 2. The van der Waals surface area contributed by atoms with Crippen LogP contribution in [0.1, 0.15) is 12.0 Å². The van der Waals surface area contributed by atoms with Crippen LogP contribution in [0.3, 0.4) is 0 Å². The number of methoxy groups -OCH3 is 1. The normalized spacial score (nSPS) is 26.6. The van der Waals surface area contributed by atoms with Crippen LogP contribution in [0.15, 0.2) is 24.3 Å². The average molecular weight is 458 g/mol. The topological polar surface area (TPSA) is 192 Å². The van der Waals surface area contributed by atoms with E-state index in [9.17, 15) is 40.2 Å². The van der Waals surface area contributed by atoms with Gasteiger partial charge in [0.05, 0.1) is 26.2 Å². The number of carbonyl (C=O) groups is 2. The molecule has 12 heteroatoms. The van der Waals surface area contributed by atoms with Gasteiger partial charge in [0, 0.05) is 6.08 Å². The van der Waals surface area contributed by atoms with Gasteiger partial charge in [0.25, 0.3) is 0 Å². The van der Waals surface area contributed by atoms with Crippen molar-refractivity contribution < 1.29 is 59.2 Å². The minimum Gasteiger partial charge on any atom is -0.504 e. The molecule has 1 aliphatic rings. The Morgan fingerprint density at radius 2 is 1.84 bits per heavy atom. The molecule has 2 rings (SSSR count). The Morgan fingerprint density at radius 1 is 1.12 bits per heavy atom. The lowest BCUT2D eigenvalue weighted by Crippen LogP contribution is -2.60. The Kier molecular flexibility index (Phi) is 9.38. The fourth-order valence-electron chi connectivity index (χ4n) is 2.80. The maximum atomic E-state index is 11.9. The number of aromatic hydroxyl groups is 2. The molecule has 0 aromatic heterocycles. The fourth-order valence-corrected chi connectivity index (χ4v) is 2.80. The monoisotopic (exact) mass is 458 g/mol. The van der Waals surface area contributed by atoms with Gasteiger partial charge in [-0.3, -0.25) is 4.79 Å². The molecule has 0 radical (unpaired) electrons. The van der Waals surface area contributed by atoms with Crippen molar-refractivity contribution >= 4 is 18.0 Å². The molecule has 6 atom stereocenters. The van der Waals surface area contributed by atoms with E-state index < -0.39 is 62.0 Å². The quantitative estimate of drug-likeness (QED) is 0.141. The SMILES string of the molecule is COC(=O)CC(CO)OC1OC(COC(=O)C=Cc2ccc(O)c(O)c2)C(O)C(O)C1O. The van der Waals surface area contributed by atoms with E-state index in [0.717, 1.165) is 13.2 Å². The van der Waals surface area contributed by atoms with Crippen molar-refractivity contribution in [2.24, 2.45) is 0 Å². The number of aliphatic hydroxyl groups is 4. The van der Waals surface area contributed by atoms with Crippen LogP contribution < -0.4 is 0 Å². The number of hydrogen-bond acceptors (Lipinski definition) is 12. The summed E-state index contributed by atoms with van der Waals surface area (Å²) in [6.07, 6.45) is -6.99. The molecule has 178 valence electrons. The standard InChI is InChI=1S/C20H26O12/c1-29-16(25)7-11(8-21)31-20-19(28)18(27)17(26)14(32-20)9-30-15(24)5-3-10-2-4-12(22)13(23)6-10/h2-6,11,14,17-23,26-28H,7-9H2,1H3. The van der Waals surface area contributed by atoms with Crippen LogP contribution in [0.4, 0.5) is 0 Å². The van der Waals surface area contributed by atoms with E-state index in [2.05, 4.69) is 4.74 Å². The van der Waals surface area contributed by atoms with Crippen LogP contribution in [0, 0.1) is 0 Å². The van der Waals surface area contributed by atoms with E-state index in [1.54, 1.807) is 0 Å². The highest BCUT2D eigenvalue weighted by molar-refractivity contribution is 5.87. The molecule has 1 aliphatic heterocycles. The number of ether oxygens (including phenoxy) is 4. The zero-order valence-electron chi connectivity index (χ0n) is 17.1. The minimum atomic E-state index is -1.72. The first-order chi connectivity index (χ1) is 15.2. The summed E-state index contributed by atoms with van der Waals surface area (Å²) in [6, 6.07) is 3.90. The summed E-state index contributed by atoms with van der Waals surface area (Å²) in [5.74, 6) is -2.22. The Balaban J connectivity index is 1.95. The molecule has 1 aromatic carbocycles. The molecule has 0 amide bonds. The first-order valence-electron chi connectivity index (χ1n) is 9.55. The van der Waals surface area contributed by atoms with E-state index in [1.807, 2.05) is 0 Å². The lowest BCUT2D eigenvalue weighted by molar-refractivity contribution is -0.313. The molecule has 6 unspecified atom stereocenters. The minimum absolute atomic E-state index is 0.319. The molecule has 0 spiro atoms. The molecular formula is C20H26O12. The van der Waals surface area contributed by atoms with Gasteiger partial charge in [-0.05, 0) is 23.8 Å². The van der Waals surface area contributed by atoms with E-state index >= 15 is 0 Å². The second kappa shape index (κ2) is 11.8. The average Bonchev–Trinajstić information content (AvgIpc) is 2.78. The summed E-state index contributed by atoms with van der Waals surface area (Å²) in [5.41, 5.74) is 0.402. The predicted octanol–water partition coefficient (Wildman–Crippen LogP) is -1.60. The van der Waals surface area contributed by atoms with Crippen molar-refractivity contribution in [1.29, 1.82) is 0 Å². The molecule has 1 aromatic rings. The molecule has 1 heterocycles. The second-order valence-corrected chi connectivity index (χ2v) is 6.95. The highest BCUT2D eigenvalue weighted by Gasteiger charge is 2.45. The number of rotatable bonds is 9. The van der Waals surface area contributed by atoms with E-state index in [1.165, 1.54) is 24.3 Å². The summed E-state index contributed by atoms with van der Waals surface area (Å²) in [5, 5.41) is 58.3. The highest BCUT2D eigenvalue weighted by Crippen LogP contribution is 2.26. The molecule has 1 saturated heterocycles. The van der Waals surface area contributed by atoms with Crippen molar-refractivity contribution in [3.05, 3.63) is 29.8 Å². The van der Waals surface area contributed by atoms with Crippen LogP contribution >= 0.6 is 0 Å². The summed E-state index contributed by atoms with van der Waals surface area (Å²) in [4.78, 5) is 23.3. The summed E-state index contributed by atoms with van der Waals surface area (Å²) in [6.45, 7) is -1.13. The van der Waals surface area contributed by atoms with E-state index in [-0.39, 0.29) is 17.9 Å². The van der Waals surface area contributed by atoms with Crippen LogP contribution in [0.5, 0.6) is 11.5 Å². The van der Waals surface area contributed by atoms with E-state index in [0.29, 0.717) is 5.56 Å². The third-order valence-electron chi connectivity index (χ3n) is 4.62. The van der Waals surface area contributed by atoms with Gasteiger partial charge >= 0.3 is 11.9 Å². The fraction of sp³-hybridized carbons (Fsp3) is 0.500. The highest BCUT2D eigenvalue weighted by atomic mass is 16.7. The van der Waals surface area contributed by atoms with Crippen molar-refractivity contribution in [2.75, 3.05) is 20.3 Å². The van der Waals surface area contributed by atoms with Crippen molar-refractivity contribution in [1.82, 2.24) is 0 Å². The van der Waals surface area contributed by atoms with Gasteiger partial charge in [-0.1, -0.05) is 6.07 Å². The molecule has 32 heavy (non-hydrogen) atoms. The van der Waals surface area contributed by atoms with Crippen LogP contribution in [0.2, 0.25) is 0 Å². The Morgan fingerprint density at radius 3 is 2.47 bits per heavy atom. The molecule has 0 saturated carbocycles. The number of phenolic OH excluding ortho intramolecular Hbond substituents is 2. The number of phenols is 2. The molecule has 0 aliphatic carbocycles. The van der Waals surface area contributed by atoms with Gasteiger partial charge in [0.2, 0.25) is 0 Å². The number of carbonyl (C=O) groups excluding carboxylic acids is 2. The predicted molar refractivity (Wildman–Crippen MR) is 105 cm³/mol. The summed E-state index contributed by atoms with van der Waals surface area (Å²) >= 11 is 0. The molecule has 6 N–H and O–H groups in total. The third kappa shape index (κ3) is 6.88. The largest absolute Gasteiger partial charge is 0.504 e. The maximum Gasteiger partial charge on any atom is 0.330 e. The van der Waals surface area contributed by atoms with Gasteiger partial charge in [-0.2, -0.15) is 0 Å². The van der Waals surface area contributed by atoms with Gasteiger partial charge in [0.15, 0.2) is 17.8 Å². The first kappa shape index (κ1) is 25.5. The number of benzene rings is 1. The summed E-state index contributed by atoms with van der Waals surface area (Å²) in [7, 11) is 1.14. The van der Waals surface area contributed by atoms with E-state index in [4.69, 9.17) is 14.2 Å². The van der Waals surface area contributed by atoms with Crippen LogP contribution in [0.25, 0.3) is 6.08 Å². The molecular weight excluding hydrogens is 432 g/mol. The van der Waals surface area contributed by atoms with Crippen molar-refractivity contribution in [3.63, 3.8) is 0 Å². The number of hydrogen-bond donors (Lipinski definition) is 6. The maximum absolute atomic E-state index is 11.9. The molecule has 12 nitrogen and oxygen atoms in total. The van der Waals surface area contributed by atoms with Crippen molar-refractivity contribution in [3.8, 4) is 11.5 Å². The smallest absolute Gasteiger partial charge is 0.330 e. The summed E-state index contributed by atoms with van der Waals surface area (Å²) < 4.78 is 20.1. The van der Waals surface area contributed by atoms with Gasteiger partial charge in [-0.25, -0.2) is 4.79 Å². The van der Waals surface area contributed by atoms with Crippen LogP contribution in [-0.2, 0) is 28.5 Å². The van der Waals surface area contributed by atoms with Gasteiger partial charge < -0.3 is 49.6 Å². The molecule has 1 fully saturated rings. The van der Waals surface area contributed by atoms with Gasteiger partial charge in [-0.15, -0.1) is 0 Å². The van der Waals surface area contributed by atoms with Crippen LogP contribution in [-0.4, -0.2) is 99.7 Å². The number of aliphatic hydroxyl groups excluding tert-OH is 4.